The number of hydrogen-bond donors (Lipinski definition) is 1. The number of hydrogen-bond acceptors (Lipinski definition) is 4. The Morgan fingerprint density at radius 2 is 2.13 bits per heavy atom. The smallest absolute Gasteiger partial charge is 0.147 e. The van der Waals surface area contributed by atoms with Gasteiger partial charge in [-0.05, 0) is 41.7 Å². The highest BCUT2D eigenvalue weighted by Crippen LogP contribution is 2.23. The Bertz CT molecular complexity index is 409. The van der Waals surface area contributed by atoms with E-state index in [1.54, 1.807) is 11.3 Å². The summed E-state index contributed by atoms with van der Waals surface area (Å²) < 4.78 is 21.9. The quantitative estimate of drug-likeness (QED) is 0.864. The number of thiophene rings is 1. The van der Waals surface area contributed by atoms with E-state index in [0.29, 0.717) is 6.42 Å². The molecule has 0 aromatic carbocycles. The molecular formula is C10H17NO2S2. The second kappa shape index (κ2) is 5.09. The van der Waals surface area contributed by atoms with Crippen molar-refractivity contribution in [3.8, 4) is 0 Å². The Hall–Kier alpha value is -0.390. The highest BCUT2D eigenvalue weighted by molar-refractivity contribution is 7.90. The average Bonchev–Trinajstić information content (AvgIpc) is 2.48. The van der Waals surface area contributed by atoms with Crippen LogP contribution in [0.5, 0.6) is 0 Å². The van der Waals surface area contributed by atoms with Gasteiger partial charge in [-0.1, -0.05) is 0 Å². The summed E-state index contributed by atoms with van der Waals surface area (Å²) in [6.45, 7) is 2.03. The molecule has 1 heterocycles. The number of sulfone groups is 1. The third-order valence-corrected chi connectivity index (χ3v) is 4.23. The highest BCUT2D eigenvalue weighted by atomic mass is 32.2. The van der Waals surface area contributed by atoms with Crippen molar-refractivity contribution in [1.82, 2.24) is 0 Å². The fourth-order valence-corrected chi connectivity index (χ4v) is 3.08. The van der Waals surface area contributed by atoms with Crippen molar-refractivity contribution in [2.24, 2.45) is 5.73 Å². The Morgan fingerprint density at radius 3 is 2.60 bits per heavy atom. The van der Waals surface area contributed by atoms with Gasteiger partial charge in [-0.25, -0.2) is 8.42 Å². The van der Waals surface area contributed by atoms with Gasteiger partial charge in [0.05, 0.1) is 0 Å². The molecule has 0 aliphatic heterocycles. The molecule has 2 N–H and O–H groups in total. The zero-order valence-electron chi connectivity index (χ0n) is 9.06. The molecule has 1 atom stereocenters. The molecule has 1 unspecified atom stereocenters. The summed E-state index contributed by atoms with van der Waals surface area (Å²) in [5.74, 6) is 0.226. The number of rotatable bonds is 5. The van der Waals surface area contributed by atoms with Gasteiger partial charge in [0, 0.05) is 18.1 Å². The molecule has 1 rings (SSSR count). The molecule has 0 aliphatic carbocycles. The number of aryl methyl sites for hydroxylation is 1. The lowest BCUT2D eigenvalue weighted by molar-refractivity contribution is 0.588. The third-order valence-electron chi connectivity index (χ3n) is 2.32. The molecule has 0 amide bonds. The summed E-state index contributed by atoms with van der Waals surface area (Å²) in [7, 11) is -2.85. The molecule has 0 spiro atoms. The van der Waals surface area contributed by atoms with E-state index in [1.165, 1.54) is 11.8 Å². The van der Waals surface area contributed by atoms with Crippen LogP contribution in [0.2, 0.25) is 0 Å². The molecule has 0 saturated heterocycles. The Labute approximate surface area is 95.2 Å². The van der Waals surface area contributed by atoms with E-state index in [9.17, 15) is 8.42 Å². The van der Waals surface area contributed by atoms with Gasteiger partial charge < -0.3 is 5.73 Å². The van der Waals surface area contributed by atoms with Gasteiger partial charge in [-0.15, -0.1) is 0 Å². The van der Waals surface area contributed by atoms with Crippen LogP contribution in [-0.4, -0.2) is 20.4 Å². The van der Waals surface area contributed by atoms with E-state index in [0.717, 1.165) is 12.0 Å². The first-order valence-corrected chi connectivity index (χ1v) is 7.86. The van der Waals surface area contributed by atoms with Gasteiger partial charge in [-0.3, -0.25) is 0 Å². The van der Waals surface area contributed by atoms with Crippen LogP contribution in [-0.2, 0) is 9.84 Å². The van der Waals surface area contributed by atoms with Crippen LogP contribution in [0.15, 0.2) is 10.8 Å². The Kier molecular flexibility index (Phi) is 4.31. The summed E-state index contributed by atoms with van der Waals surface area (Å²) >= 11 is 1.64. The fraction of sp³-hybridized carbons (Fsp3) is 0.600. The van der Waals surface area contributed by atoms with E-state index in [-0.39, 0.29) is 11.8 Å². The van der Waals surface area contributed by atoms with Gasteiger partial charge in [0.1, 0.15) is 9.84 Å². The lowest BCUT2D eigenvalue weighted by Crippen LogP contribution is -2.12. The second-order valence-corrected chi connectivity index (χ2v) is 6.89. The maximum atomic E-state index is 10.9. The van der Waals surface area contributed by atoms with E-state index in [1.807, 2.05) is 12.3 Å². The van der Waals surface area contributed by atoms with Crippen molar-refractivity contribution in [3.05, 3.63) is 21.9 Å². The molecule has 0 bridgehead atoms. The molecule has 3 nitrogen and oxygen atoms in total. The predicted molar refractivity (Wildman–Crippen MR) is 64.9 cm³/mol. The minimum absolute atomic E-state index is 0.0296. The molecule has 0 aliphatic rings. The van der Waals surface area contributed by atoms with Crippen LogP contribution in [0.25, 0.3) is 0 Å². The summed E-state index contributed by atoms with van der Waals surface area (Å²) in [5.41, 5.74) is 8.33. The van der Waals surface area contributed by atoms with Crippen LogP contribution >= 0.6 is 11.3 Å². The molecule has 0 fully saturated rings. The van der Waals surface area contributed by atoms with Crippen molar-refractivity contribution < 1.29 is 8.42 Å². The molecule has 1 aromatic rings. The summed E-state index contributed by atoms with van der Waals surface area (Å²) in [5, 5.41) is 4.10. The zero-order valence-corrected chi connectivity index (χ0v) is 10.7. The van der Waals surface area contributed by atoms with Gasteiger partial charge in [0.15, 0.2) is 0 Å². The monoisotopic (exact) mass is 247 g/mol. The summed E-state index contributed by atoms with van der Waals surface area (Å²) in [4.78, 5) is 0. The molecule has 1 aromatic heterocycles. The first kappa shape index (κ1) is 12.7. The summed E-state index contributed by atoms with van der Waals surface area (Å²) in [6, 6.07) is -0.0296. The highest BCUT2D eigenvalue weighted by Gasteiger charge is 2.11. The normalized spacial score (nSPS) is 14.1. The van der Waals surface area contributed by atoms with Gasteiger partial charge >= 0.3 is 0 Å². The molecular weight excluding hydrogens is 230 g/mol. The maximum Gasteiger partial charge on any atom is 0.147 e. The van der Waals surface area contributed by atoms with Crippen LogP contribution in [0.1, 0.15) is 30.0 Å². The first-order valence-electron chi connectivity index (χ1n) is 4.86. The topological polar surface area (TPSA) is 60.2 Å². The van der Waals surface area contributed by atoms with Crippen LogP contribution in [0.4, 0.5) is 0 Å². The lowest BCUT2D eigenvalue weighted by atomic mass is 10.0. The van der Waals surface area contributed by atoms with Gasteiger partial charge in [0.2, 0.25) is 0 Å². The fourth-order valence-electron chi connectivity index (χ4n) is 1.47. The molecule has 5 heteroatoms. The molecule has 0 radical (unpaired) electrons. The largest absolute Gasteiger partial charge is 0.324 e. The molecule has 0 saturated carbocycles. The average molecular weight is 247 g/mol. The minimum atomic E-state index is -2.85. The van der Waals surface area contributed by atoms with Gasteiger partial charge in [0.25, 0.3) is 0 Å². The number of nitrogens with two attached hydrogens (primary N) is 1. The van der Waals surface area contributed by atoms with Gasteiger partial charge in [-0.2, -0.15) is 11.3 Å². The minimum Gasteiger partial charge on any atom is -0.324 e. The Morgan fingerprint density at radius 1 is 1.47 bits per heavy atom. The standard InChI is InChI=1S/C10H17NO2S2/c1-8-6-14-7-9(8)10(11)4-3-5-15(2,12)13/h6-7,10H,3-5,11H2,1-2H3. The van der Waals surface area contributed by atoms with Crippen molar-refractivity contribution in [2.45, 2.75) is 25.8 Å². The Balaban J connectivity index is 2.44. The third kappa shape index (κ3) is 4.32. The molecule has 15 heavy (non-hydrogen) atoms. The van der Waals surface area contributed by atoms with Crippen LogP contribution < -0.4 is 5.73 Å². The van der Waals surface area contributed by atoms with E-state index < -0.39 is 9.84 Å². The predicted octanol–water partition coefficient (Wildman–Crippen LogP) is 1.88. The van der Waals surface area contributed by atoms with Crippen LogP contribution in [0, 0.1) is 6.92 Å². The zero-order chi connectivity index (χ0) is 11.5. The lowest BCUT2D eigenvalue weighted by Gasteiger charge is -2.10. The van der Waals surface area contributed by atoms with E-state index >= 15 is 0 Å². The van der Waals surface area contributed by atoms with Crippen LogP contribution in [0.3, 0.4) is 0 Å². The van der Waals surface area contributed by atoms with Crippen molar-refractivity contribution in [2.75, 3.05) is 12.0 Å². The maximum absolute atomic E-state index is 10.9. The van der Waals surface area contributed by atoms with E-state index in [2.05, 4.69) is 5.38 Å². The van der Waals surface area contributed by atoms with Crippen molar-refractivity contribution in [3.63, 3.8) is 0 Å². The summed E-state index contributed by atoms with van der Waals surface area (Å²) in [6.07, 6.45) is 2.62. The van der Waals surface area contributed by atoms with Crippen molar-refractivity contribution in [1.29, 1.82) is 0 Å². The van der Waals surface area contributed by atoms with E-state index in [4.69, 9.17) is 5.73 Å². The molecule has 86 valence electrons. The first-order chi connectivity index (χ1) is 6.90. The SMILES string of the molecule is Cc1cscc1C(N)CCCS(C)(=O)=O. The van der Waals surface area contributed by atoms with Crippen molar-refractivity contribution >= 4 is 21.2 Å². The second-order valence-electron chi connectivity index (χ2n) is 3.89.